The highest BCUT2D eigenvalue weighted by atomic mass is 19.4. The van der Waals surface area contributed by atoms with Gasteiger partial charge in [0.1, 0.15) is 5.75 Å². The zero-order valence-electron chi connectivity index (χ0n) is 16.6. The molecule has 0 saturated carbocycles. The van der Waals surface area contributed by atoms with E-state index in [-0.39, 0.29) is 10.9 Å². The van der Waals surface area contributed by atoms with Gasteiger partial charge in [-0.05, 0) is 54.4 Å². The van der Waals surface area contributed by atoms with Crippen LogP contribution in [-0.4, -0.2) is 17.9 Å². The first-order valence-corrected chi connectivity index (χ1v) is 9.70. The Balaban J connectivity index is 1.69. The maximum Gasteiger partial charge on any atom is 0.416 e. The second-order valence-corrected chi connectivity index (χ2v) is 6.98. The minimum atomic E-state index is -4.48. The maximum atomic E-state index is 13.0. The largest absolute Gasteiger partial charge is 0.494 e. The molecule has 0 N–H and O–H groups in total. The molecule has 0 aliphatic rings. The van der Waals surface area contributed by atoms with Gasteiger partial charge in [0.25, 0.3) is 0 Å². The zero-order valence-corrected chi connectivity index (χ0v) is 16.6. The highest BCUT2D eigenvalue weighted by molar-refractivity contribution is 5.98. The number of aromatic nitrogens is 1. The molecule has 3 aromatic carbocycles. The number of pyridine rings is 1. The molecule has 0 radical (unpaired) electrons. The summed E-state index contributed by atoms with van der Waals surface area (Å²) in [4.78, 5) is 16.0. The molecule has 0 fully saturated rings. The maximum absolute atomic E-state index is 13.0. The number of halogens is 3. The zero-order chi connectivity index (χ0) is 22.0. The second-order valence-electron chi connectivity index (χ2n) is 6.98. The Morgan fingerprint density at radius 2 is 1.48 bits per heavy atom. The number of alkyl halides is 3. The lowest BCUT2D eigenvalue weighted by molar-refractivity contribution is -0.137. The summed E-state index contributed by atoms with van der Waals surface area (Å²) in [5.41, 5.74) is 3.00. The SMILES string of the molecule is CCOc1ccc(-c2ccc(-c3cc(C=O)c4cc(C(F)(F)F)ccc4n3)cc2)cc1. The molecule has 6 heteroatoms. The van der Waals surface area contributed by atoms with Gasteiger partial charge in [-0.1, -0.05) is 36.4 Å². The Kier molecular flexibility index (Phi) is 5.46. The molecule has 156 valence electrons. The third-order valence-electron chi connectivity index (χ3n) is 4.97. The Labute approximate surface area is 177 Å². The van der Waals surface area contributed by atoms with Gasteiger partial charge in [-0.2, -0.15) is 13.2 Å². The summed E-state index contributed by atoms with van der Waals surface area (Å²) in [7, 11) is 0. The molecule has 4 aromatic rings. The summed E-state index contributed by atoms with van der Waals surface area (Å²) in [5.74, 6) is 0.804. The van der Waals surface area contributed by atoms with Crippen LogP contribution >= 0.6 is 0 Å². The fourth-order valence-corrected chi connectivity index (χ4v) is 3.42. The first kappa shape index (κ1) is 20.6. The van der Waals surface area contributed by atoms with Gasteiger partial charge in [0.15, 0.2) is 6.29 Å². The van der Waals surface area contributed by atoms with Crippen molar-refractivity contribution in [1.29, 1.82) is 0 Å². The van der Waals surface area contributed by atoms with Crippen molar-refractivity contribution in [3.63, 3.8) is 0 Å². The van der Waals surface area contributed by atoms with Crippen molar-refractivity contribution in [3.05, 3.63) is 83.9 Å². The van der Waals surface area contributed by atoms with Gasteiger partial charge < -0.3 is 4.74 Å². The van der Waals surface area contributed by atoms with E-state index < -0.39 is 11.7 Å². The number of ether oxygens (including phenoxy) is 1. The van der Waals surface area contributed by atoms with Gasteiger partial charge in [0.05, 0.1) is 23.4 Å². The van der Waals surface area contributed by atoms with Crippen LogP contribution in [0.15, 0.2) is 72.8 Å². The number of hydrogen-bond acceptors (Lipinski definition) is 3. The summed E-state index contributed by atoms with van der Waals surface area (Å²) in [6.45, 7) is 2.53. The molecule has 31 heavy (non-hydrogen) atoms. The molecule has 0 atom stereocenters. The molecule has 0 spiro atoms. The lowest BCUT2D eigenvalue weighted by Crippen LogP contribution is -2.05. The molecule has 0 aliphatic heterocycles. The number of fused-ring (bicyclic) bond motifs is 1. The van der Waals surface area contributed by atoms with E-state index in [1.54, 1.807) is 0 Å². The smallest absolute Gasteiger partial charge is 0.416 e. The van der Waals surface area contributed by atoms with E-state index in [2.05, 4.69) is 4.98 Å². The summed E-state index contributed by atoms with van der Waals surface area (Å²) >= 11 is 0. The normalized spacial score (nSPS) is 11.5. The molecule has 1 aromatic heterocycles. The number of nitrogens with zero attached hydrogens (tertiary/aromatic N) is 1. The Hall–Kier alpha value is -3.67. The Bertz CT molecular complexity index is 1230. The fraction of sp³-hybridized carbons (Fsp3) is 0.120. The first-order chi connectivity index (χ1) is 14.9. The first-order valence-electron chi connectivity index (χ1n) is 9.70. The highest BCUT2D eigenvalue weighted by Crippen LogP contribution is 2.33. The van der Waals surface area contributed by atoms with Gasteiger partial charge >= 0.3 is 6.18 Å². The number of hydrogen-bond donors (Lipinski definition) is 0. The third kappa shape index (κ3) is 4.28. The second kappa shape index (κ2) is 8.22. The van der Waals surface area contributed by atoms with Crippen LogP contribution in [0.1, 0.15) is 22.8 Å². The number of aldehydes is 1. The van der Waals surface area contributed by atoms with E-state index in [9.17, 15) is 18.0 Å². The van der Waals surface area contributed by atoms with Crippen LogP contribution in [0.2, 0.25) is 0 Å². The van der Waals surface area contributed by atoms with Gasteiger partial charge in [-0.25, -0.2) is 4.98 Å². The third-order valence-corrected chi connectivity index (χ3v) is 4.97. The molecule has 1 heterocycles. The van der Waals surface area contributed by atoms with Gasteiger partial charge in [-0.15, -0.1) is 0 Å². The molecule has 0 amide bonds. The van der Waals surface area contributed by atoms with Crippen LogP contribution in [-0.2, 0) is 6.18 Å². The average Bonchev–Trinajstić information content (AvgIpc) is 2.78. The van der Waals surface area contributed by atoms with Crippen LogP contribution < -0.4 is 4.74 Å². The summed E-state index contributed by atoms with van der Waals surface area (Å²) in [6.07, 6.45) is -3.92. The number of carbonyl (C=O) groups excluding carboxylic acids is 1. The van der Waals surface area contributed by atoms with Crippen LogP contribution in [0.5, 0.6) is 5.75 Å². The van der Waals surface area contributed by atoms with E-state index >= 15 is 0 Å². The predicted octanol–water partition coefficient (Wildman–Crippen LogP) is 6.80. The summed E-state index contributed by atoms with van der Waals surface area (Å²) < 4.78 is 44.5. The van der Waals surface area contributed by atoms with Crippen molar-refractivity contribution in [2.75, 3.05) is 6.61 Å². The summed E-state index contributed by atoms with van der Waals surface area (Å²) in [6, 6.07) is 20.1. The quantitative estimate of drug-likeness (QED) is 0.333. The average molecular weight is 421 g/mol. The summed E-state index contributed by atoms with van der Waals surface area (Å²) in [5, 5.41) is 0.180. The molecule has 0 bridgehead atoms. The predicted molar refractivity (Wildman–Crippen MR) is 114 cm³/mol. The van der Waals surface area contributed by atoms with E-state index in [4.69, 9.17) is 4.74 Å². The Morgan fingerprint density at radius 3 is 2.06 bits per heavy atom. The van der Waals surface area contributed by atoms with Crippen LogP contribution in [0.25, 0.3) is 33.3 Å². The minimum Gasteiger partial charge on any atom is -0.494 e. The molecule has 0 unspecified atom stereocenters. The topological polar surface area (TPSA) is 39.2 Å². The molecule has 4 rings (SSSR count). The van der Waals surface area contributed by atoms with Crippen molar-refractivity contribution >= 4 is 17.2 Å². The number of carbonyl (C=O) groups is 1. The van der Waals surface area contributed by atoms with Crippen molar-refractivity contribution in [1.82, 2.24) is 4.98 Å². The minimum absolute atomic E-state index is 0.168. The standard InChI is InChI=1S/C25H18F3NO2/c1-2-31-21-10-7-17(8-11-21)16-3-5-18(6-4-16)24-13-19(15-30)22-14-20(25(26,27)28)9-12-23(22)29-24/h3-15H,2H2,1H3. The fourth-order valence-electron chi connectivity index (χ4n) is 3.42. The van der Waals surface area contributed by atoms with E-state index in [1.807, 2.05) is 55.5 Å². The monoisotopic (exact) mass is 421 g/mol. The molecular formula is C25H18F3NO2. The lowest BCUT2D eigenvalue weighted by atomic mass is 10.00. The molecule has 0 aliphatic carbocycles. The van der Waals surface area contributed by atoms with Crippen molar-refractivity contribution in [2.45, 2.75) is 13.1 Å². The molecule has 3 nitrogen and oxygen atoms in total. The van der Waals surface area contributed by atoms with Crippen molar-refractivity contribution in [3.8, 4) is 28.1 Å². The van der Waals surface area contributed by atoms with Gasteiger partial charge in [0, 0.05) is 16.5 Å². The van der Waals surface area contributed by atoms with E-state index in [0.29, 0.717) is 24.1 Å². The van der Waals surface area contributed by atoms with Crippen LogP contribution in [0.4, 0.5) is 13.2 Å². The van der Waals surface area contributed by atoms with E-state index in [0.717, 1.165) is 34.6 Å². The van der Waals surface area contributed by atoms with Crippen LogP contribution in [0, 0.1) is 0 Å². The molecule has 0 saturated heterocycles. The Morgan fingerprint density at radius 1 is 0.871 bits per heavy atom. The van der Waals surface area contributed by atoms with Crippen molar-refractivity contribution in [2.24, 2.45) is 0 Å². The number of benzene rings is 3. The molecular weight excluding hydrogens is 403 g/mol. The number of rotatable bonds is 5. The lowest BCUT2D eigenvalue weighted by Gasteiger charge is -2.11. The highest BCUT2D eigenvalue weighted by Gasteiger charge is 2.30. The van der Waals surface area contributed by atoms with Crippen LogP contribution in [0.3, 0.4) is 0 Å². The van der Waals surface area contributed by atoms with Crippen molar-refractivity contribution < 1.29 is 22.7 Å². The van der Waals surface area contributed by atoms with Gasteiger partial charge in [-0.3, -0.25) is 4.79 Å². The van der Waals surface area contributed by atoms with Gasteiger partial charge in [0.2, 0.25) is 0 Å². The van der Waals surface area contributed by atoms with E-state index in [1.165, 1.54) is 12.1 Å².